The van der Waals surface area contributed by atoms with Gasteiger partial charge in [0.15, 0.2) is 5.75 Å². The first-order valence-corrected chi connectivity index (χ1v) is 9.10. The number of carboxylic acid groups (broad SMARTS) is 1. The molecule has 0 spiro atoms. The lowest BCUT2D eigenvalue weighted by Crippen LogP contribution is -2.40. The molecule has 2 N–H and O–H groups in total. The van der Waals surface area contributed by atoms with Crippen LogP contribution in [-0.2, 0) is 9.59 Å². The number of benzene rings is 2. The minimum Gasteiger partial charge on any atom is -0.481 e. The van der Waals surface area contributed by atoms with Crippen molar-refractivity contribution < 1.29 is 19.4 Å². The highest BCUT2D eigenvalue weighted by Gasteiger charge is 2.25. The summed E-state index contributed by atoms with van der Waals surface area (Å²) in [5.41, 5.74) is 1.76. The molecule has 2 aromatic rings. The van der Waals surface area contributed by atoms with E-state index < -0.39 is 5.97 Å². The predicted octanol–water partition coefficient (Wildman–Crippen LogP) is 3.52. The van der Waals surface area contributed by atoms with Gasteiger partial charge in [-0.3, -0.25) is 14.5 Å². The number of hydrogen-bond acceptors (Lipinski definition) is 4. The lowest BCUT2D eigenvalue weighted by molar-refractivity contribution is -0.143. The summed E-state index contributed by atoms with van der Waals surface area (Å²) in [6.07, 6.45) is 1.16. The lowest BCUT2D eigenvalue weighted by atomic mass is 9.97. The van der Waals surface area contributed by atoms with Gasteiger partial charge in [-0.25, -0.2) is 0 Å². The number of amides is 1. The molecule has 0 unspecified atom stereocenters. The fourth-order valence-electron chi connectivity index (χ4n) is 3.12. The van der Waals surface area contributed by atoms with Crippen LogP contribution in [0.3, 0.4) is 0 Å². The Labute approximate surface area is 158 Å². The van der Waals surface area contributed by atoms with Gasteiger partial charge in [0.25, 0.3) is 0 Å². The van der Waals surface area contributed by atoms with Crippen molar-refractivity contribution in [3.63, 3.8) is 0 Å². The first kappa shape index (κ1) is 18.9. The van der Waals surface area contributed by atoms with Gasteiger partial charge in [0.05, 0.1) is 18.2 Å². The summed E-state index contributed by atoms with van der Waals surface area (Å²) in [6.45, 7) is 3.49. The minimum absolute atomic E-state index is 0.135. The fraction of sp³-hybridized carbons (Fsp3) is 0.333. The third-order valence-corrected chi connectivity index (χ3v) is 4.71. The Balaban J connectivity index is 1.58. The molecule has 6 heteroatoms. The number of piperidine rings is 1. The van der Waals surface area contributed by atoms with Gasteiger partial charge >= 0.3 is 5.97 Å². The Kier molecular flexibility index (Phi) is 6.08. The molecule has 6 nitrogen and oxygen atoms in total. The second-order valence-electron chi connectivity index (χ2n) is 6.85. The van der Waals surface area contributed by atoms with Gasteiger partial charge in [-0.1, -0.05) is 29.8 Å². The van der Waals surface area contributed by atoms with Crippen molar-refractivity contribution in [2.75, 3.05) is 25.0 Å². The van der Waals surface area contributed by atoms with E-state index >= 15 is 0 Å². The smallest absolute Gasteiger partial charge is 0.306 e. The van der Waals surface area contributed by atoms with Crippen LogP contribution < -0.4 is 10.1 Å². The summed E-state index contributed by atoms with van der Waals surface area (Å²) < 4.78 is 5.90. The van der Waals surface area contributed by atoms with Crippen LogP contribution in [-0.4, -0.2) is 41.5 Å². The first-order chi connectivity index (χ1) is 13.0. The van der Waals surface area contributed by atoms with Crippen molar-refractivity contribution in [1.29, 1.82) is 0 Å². The number of likely N-dealkylation sites (tertiary alicyclic amines) is 1. The highest BCUT2D eigenvalue weighted by atomic mass is 16.5. The van der Waals surface area contributed by atoms with Gasteiger partial charge in [0.1, 0.15) is 5.75 Å². The maximum atomic E-state index is 12.4. The predicted molar refractivity (Wildman–Crippen MR) is 103 cm³/mol. The van der Waals surface area contributed by atoms with Gasteiger partial charge in [-0.15, -0.1) is 0 Å². The molecule has 1 saturated heterocycles. The highest BCUT2D eigenvalue weighted by molar-refractivity contribution is 5.93. The van der Waals surface area contributed by atoms with Crippen LogP contribution in [0.2, 0.25) is 0 Å². The van der Waals surface area contributed by atoms with Gasteiger partial charge < -0.3 is 15.2 Å². The quantitative estimate of drug-likeness (QED) is 0.816. The van der Waals surface area contributed by atoms with Crippen molar-refractivity contribution in [3.8, 4) is 11.5 Å². The van der Waals surface area contributed by atoms with E-state index in [-0.39, 0.29) is 18.4 Å². The van der Waals surface area contributed by atoms with E-state index in [1.54, 1.807) is 6.07 Å². The van der Waals surface area contributed by atoms with Crippen LogP contribution in [0.5, 0.6) is 11.5 Å². The molecule has 3 rings (SSSR count). The summed E-state index contributed by atoms with van der Waals surface area (Å²) >= 11 is 0. The molecule has 1 amide bonds. The molecule has 1 aliphatic heterocycles. The standard InChI is InChI=1S/C21H24N2O4/c1-15-6-8-17(9-7-15)27-19-5-3-2-4-18(19)22-20(24)14-23-12-10-16(11-13-23)21(25)26/h2-9,16H,10-14H2,1H3,(H,22,24)(H,25,26). The third kappa shape index (κ3) is 5.31. The molecule has 1 heterocycles. The number of anilines is 1. The number of aryl methyl sites for hydroxylation is 1. The van der Waals surface area contributed by atoms with Crippen LogP contribution in [0.15, 0.2) is 48.5 Å². The van der Waals surface area contributed by atoms with Gasteiger partial charge in [0.2, 0.25) is 5.91 Å². The molecule has 142 valence electrons. The minimum atomic E-state index is -0.749. The molecule has 0 aromatic heterocycles. The second-order valence-corrected chi connectivity index (χ2v) is 6.85. The zero-order chi connectivity index (χ0) is 19.2. The van der Waals surface area contributed by atoms with Crippen LogP contribution in [0.4, 0.5) is 5.69 Å². The number of aliphatic carboxylic acids is 1. The summed E-state index contributed by atoms with van der Waals surface area (Å²) in [6, 6.07) is 15.0. The number of para-hydroxylation sites is 2. The molecule has 2 aromatic carbocycles. The molecule has 0 atom stereocenters. The number of nitrogens with zero attached hydrogens (tertiary/aromatic N) is 1. The summed E-state index contributed by atoms with van der Waals surface area (Å²) in [4.78, 5) is 25.4. The molecular formula is C21H24N2O4. The Morgan fingerprint density at radius 1 is 1.11 bits per heavy atom. The van der Waals surface area contributed by atoms with E-state index in [0.29, 0.717) is 43.1 Å². The number of carbonyl (C=O) groups is 2. The van der Waals surface area contributed by atoms with Crippen LogP contribution in [0, 0.1) is 12.8 Å². The van der Waals surface area contributed by atoms with Gasteiger partial charge in [-0.2, -0.15) is 0 Å². The Morgan fingerprint density at radius 2 is 1.78 bits per heavy atom. The lowest BCUT2D eigenvalue weighted by Gasteiger charge is -2.29. The van der Waals surface area contributed by atoms with E-state index in [1.165, 1.54) is 0 Å². The van der Waals surface area contributed by atoms with Crippen LogP contribution >= 0.6 is 0 Å². The summed E-state index contributed by atoms with van der Waals surface area (Å²) in [5, 5.41) is 12.0. The fourth-order valence-corrected chi connectivity index (χ4v) is 3.12. The molecule has 0 saturated carbocycles. The average molecular weight is 368 g/mol. The largest absolute Gasteiger partial charge is 0.481 e. The Hall–Kier alpha value is -2.86. The SMILES string of the molecule is Cc1ccc(Oc2ccccc2NC(=O)CN2CCC(C(=O)O)CC2)cc1. The summed E-state index contributed by atoms with van der Waals surface area (Å²) in [5.74, 6) is 0.107. The number of ether oxygens (including phenoxy) is 1. The topological polar surface area (TPSA) is 78.9 Å². The molecule has 0 aliphatic carbocycles. The van der Waals surface area contributed by atoms with Gasteiger partial charge in [0, 0.05) is 0 Å². The summed E-state index contributed by atoms with van der Waals surface area (Å²) in [7, 11) is 0. The molecule has 0 bridgehead atoms. The molecular weight excluding hydrogens is 344 g/mol. The number of nitrogens with one attached hydrogen (secondary N) is 1. The number of carbonyl (C=O) groups excluding carboxylic acids is 1. The Morgan fingerprint density at radius 3 is 2.44 bits per heavy atom. The van der Waals surface area contributed by atoms with Crippen molar-refractivity contribution in [2.45, 2.75) is 19.8 Å². The number of hydrogen-bond donors (Lipinski definition) is 2. The normalized spacial score (nSPS) is 15.3. The molecule has 0 radical (unpaired) electrons. The zero-order valence-electron chi connectivity index (χ0n) is 15.4. The molecule has 1 aliphatic rings. The van der Waals surface area contributed by atoms with Crippen LogP contribution in [0.1, 0.15) is 18.4 Å². The van der Waals surface area contributed by atoms with E-state index in [2.05, 4.69) is 5.32 Å². The molecule has 27 heavy (non-hydrogen) atoms. The van der Waals surface area contributed by atoms with E-state index in [0.717, 1.165) is 5.56 Å². The van der Waals surface area contributed by atoms with Crippen molar-refractivity contribution in [3.05, 3.63) is 54.1 Å². The van der Waals surface area contributed by atoms with E-state index in [4.69, 9.17) is 9.84 Å². The molecule has 1 fully saturated rings. The average Bonchev–Trinajstić information content (AvgIpc) is 2.65. The maximum absolute atomic E-state index is 12.4. The van der Waals surface area contributed by atoms with Gasteiger partial charge in [-0.05, 0) is 57.1 Å². The van der Waals surface area contributed by atoms with Crippen LogP contribution in [0.25, 0.3) is 0 Å². The van der Waals surface area contributed by atoms with Crippen molar-refractivity contribution in [2.24, 2.45) is 5.92 Å². The van der Waals surface area contributed by atoms with E-state index in [9.17, 15) is 9.59 Å². The van der Waals surface area contributed by atoms with E-state index in [1.807, 2.05) is 54.3 Å². The number of rotatable bonds is 6. The monoisotopic (exact) mass is 368 g/mol. The first-order valence-electron chi connectivity index (χ1n) is 9.10. The second kappa shape index (κ2) is 8.68. The zero-order valence-corrected chi connectivity index (χ0v) is 15.4. The maximum Gasteiger partial charge on any atom is 0.306 e. The van der Waals surface area contributed by atoms with Crippen molar-refractivity contribution in [1.82, 2.24) is 4.90 Å². The highest BCUT2D eigenvalue weighted by Crippen LogP contribution is 2.29. The third-order valence-electron chi connectivity index (χ3n) is 4.71. The number of carboxylic acids is 1. The van der Waals surface area contributed by atoms with Crippen molar-refractivity contribution >= 4 is 17.6 Å². The Bertz CT molecular complexity index is 796.